The Morgan fingerprint density at radius 3 is 2.59 bits per heavy atom. The largest absolute Gasteiger partial charge is 0.481 e. The van der Waals surface area contributed by atoms with Gasteiger partial charge in [-0.05, 0) is 37.1 Å². The normalized spacial score (nSPS) is 30.1. The first-order valence-corrected chi connectivity index (χ1v) is 10.1. The van der Waals surface area contributed by atoms with Gasteiger partial charge in [0.25, 0.3) is 0 Å². The van der Waals surface area contributed by atoms with Crippen LogP contribution in [-0.4, -0.2) is 73.0 Å². The van der Waals surface area contributed by atoms with Gasteiger partial charge in [0.15, 0.2) is 0 Å². The lowest BCUT2D eigenvalue weighted by molar-refractivity contribution is -0.155. The zero-order valence-corrected chi connectivity index (χ0v) is 15.3. The van der Waals surface area contributed by atoms with Gasteiger partial charge in [-0.15, -0.1) is 0 Å². The van der Waals surface area contributed by atoms with Crippen LogP contribution in [0.2, 0.25) is 0 Å². The van der Waals surface area contributed by atoms with Crippen molar-refractivity contribution in [3.05, 3.63) is 30.1 Å². The lowest BCUT2D eigenvalue weighted by Crippen LogP contribution is -2.57. The molecule has 1 aromatic rings. The molecule has 0 saturated carbocycles. The summed E-state index contributed by atoms with van der Waals surface area (Å²) < 4.78 is 51.8. The van der Waals surface area contributed by atoms with Crippen LogP contribution in [0.5, 0.6) is 0 Å². The van der Waals surface area contributed by atoms with Gasteiger partial charge in [-0.3, -0.25) is 4.79 Å². The van der Waals surface area contributed by atoms with E-state index in [2.05, 4.69) is 0 Å². The van der Waals surface area contributed by atoms with E-state index in [-0.39, 0.29) is 31.1 Å². The first-order chi connectivity index (χ1) is 12.8. The molecule has 0 radical (unpaired) electrons. The van der Waals surface area contributed by atoms with Crippen molar-refractivity contribution in [2.24, 2.45) is 0 Å². The van der Waals surface area contributed by atoms with Crippen molar-refractivity contribution in [3.8, 4) is 0 Å². The molecule has 8 nitrogen and oxygen atoms in total. The molecule has 0 amide bonds. The Morgan fingerprint density at radius 2 is 1.93 bits per heavy atom. The highest BCUT2D eigenvalue weighted by molar-refractivity contribution is 7.89. The number of hydrogen-bond donors (Lipinski definition) is 2. The topological polar surface area (TPSA) is 113 Å². The number of halogens is 1. The van der Waals surface area contributed by atoms with E-state index >= 15 is 0 Å². The number of aliphatic carboxylic acids is 1. The molecule has 0 spiro atoms. The van der Waals surface area contributed by atoms with Gasteiger partial charge in [0.1, 0.15) is 5.82 Å². The first kappa shape index (κ1) is 20.2. The monoisotopic (exact) mass is 403 g/mol. The molecule has 2 saturated heterocycles. The van der Waals surface area contributed by atoms with Gasteiger partial charge < -0.3 is 19.7 Å². The Balaban J connectivity index is 1.89. The summed E-state index contributed by atoms with van der Waals surface area (Å²) in [5, 5.41) is 19.1. The zero-order chi connectivity index (χ0) is 19.6. The summed E-state index contributed by atoms with van der Waals surface area (Å²) in [6.45, 7) is -0.202. The molecule has 150 valence electrons. The molecule has 4 atom stereocenters. The number of β-amino-alcohol motifs (C(OH)–C–C–N with tert-alkyl or cyclic N) is 1. The molecule has 3 rings (SSSR count). The van der Waals surface area contributed by atoms with E-state index in [0.29, 0.717) is 12.8 Å². The number of aliphatic hydroxyl groups excluding tert-OH is 1. The predicted octanol–water partition coefficient (Wildman–Crippen LogP) is 0.598. The van der Waals surface area contributed by atoms with Crippen LogP contribution in [0.25, 0.3) is 0 Å². The summed E-state index contributed by atoms with van der Waals surface area (Å²) in [6, 6.07) is 3.87. The number of carboxylic acid groups (broad SMARTS) is 1. The number of sulfonamides is 1. The summed E-state index contributed by atoms with van der Waals surface area (Å²) in [4.78, 5) is 10.9. The molecule has 2 heterocycles. The van der Waals surface area contributed by atoms with E-state index < -0.39 is 46.2 Å². The molecule has 10 heteroatoms. The number of carboxylic acids is 1. The van der Waals surface area contributed by atoms with Crippen molar-refractivity contribution in [3.63, 3.8) is 0 Å². The van der Waals surface area contributed by atoms with Crippen LogP contribution >= 0.6 is 0 Å². The van der Waals surface area contributed by atoms with Crippen LogP contribution in [-0.2, 0) is 24.3 Å². The molecular formula is C17H22FNO7S. The minimum absolute atomic E-state index is 0.0489. The van der Waals surface area contributed by atoms with Crippen LogP contribution in [0.4, 0.5) is 4.39 Å². The van der Waals surface area contributed by atoms with E-state index in [9.17, 15) is 22.7 Å². The molecule has 0 aliphatic carbocycles. The number of ether oxygens (including phenoxy) is 2. The van der Waals surface area contributed by atoms with Crippen molar-refractivity contribution in [1.82, 2.24) is 4.31 Å². The highest BCUT2D eigenvalue weighted by Gasteiger charge is 2.43. The van der Waals surface area contributed by atoms with E-state index in [4.69, 9.17) is 14.6 Å². The number of hydrogen-bond acceptors (Lipinski definition) is 6. The second-order valence-electron chi connectivity index (χ2n) is 6.76. The highest BCUT2D eigenvalue weighted by atomic mass is 32.2. The van der Waals surface area contributed by atoms with E-state index in [1.807, 2.05) is 0 Å². The molecule has 0 aromatic heterocycles. The molecule has 2 fully saturated rings. The van der Waals surface area contributed by atoms with Crippen LogP contribution < -0.4 is 0 Å². The van der Waals surface area contributed by atoms with Gasteiger partial charge in [-0.1, -0.05) is 0 Å². The minimum atomic E-state index is -4.01. The quantitative estimate of drug-likeness (QED) is 0.757. The summed E-state index contributed by atoms with van der Waals surface area (Å²) in [7, 11) is -4.01. The van der Waals surface area contributed by atoms with Gasteiger partial charge in [-0.25, -0.2) is 12.8 Å². The number of carbonyl (C=O) groups is 1. The Bertz CT molecular complexity index is 770. The molecule has 2 aliphatic rings. The molecule has 2 aliphatic heterocycles. The van der Waals surface area contributed by atoms with Crippen molar-refractivity contribution >= 4 is 16.0 Å². The zero-order valence-electron chi connectivity index (χ0n) is 14.5. The third-order valence-electron chi connectivity index (χ3n) is 4.76. The molecule has 2 N–H and O–H groups in total. The van der Waals surface area contributed by atoms with E-state index in [0.717, 1.165) is 12.1 Å². The predicted molar refractivity (Wildman–Crippen MR) is 91.1 cm³/mol. The van der Waals surface area contributed by atoms with Gasteiger partial charge >= 0.3 is 5.97 Å². The summed E-state index contributed by atoms with van der Waals surface area (Å²) in [5.74, 6) is -1.54. The molecule has 1 aromatic carbocycles. The third kappa shape index (κ3) is 4.64. The van der Waals surface area contributed by atoms with Crippen LogP contribution in [0.1, 0.15) is 19.3 Å². The lowest BCUT2D eigenvalue weighted by atomic mass is 9.96. The maximum atomic E-state index is 13.2. The van der Waals surface area contributed by atoms with Crippen LogP contribution in [0.15, 0.2) is 29.2 Å². The average molecular weight is 403 g/mol. The lowest BCUT2D eigenvalue weighted by Gasteiger charge is -2.43. The summed E-state index contributed by atoms with van der Waals surface area (Å²) in [6.07, 6.45) is -1.61. The fourth-order valence-corrected chi connectivity index (χ4v) is 5.22. The molecule has 0 unspecified atom stereocenters. The number of benzene rings is 1. The Kier molecular flexibility index (Phi) is 6.11. The number of nitrogens with zero attached hydrogens (tertiary/aromatic N) is 1. The fourth-order valence-electron chi connectivity index (χ4n) is 3.51. The van der Waals surface area contributed by atoms with Gasteiger partial charge in [0.2, 0.25) is 10.0 Å². The number of fused-ring (bicyclic) bond motifs is 1. The highest BCUT2D eigenvalue weighted by Crippen LogP contribution is 2.31. The number of aliphatic hydroxyl groups is 1. The minimum Gasteiger partial charge on any atom is -0.481 e. The summed E-state index contributed by atoms with van der Waals surface area (Å²) >= 11 is 0. The fraction of sp³-hybridized carbons (Fsp3) is 0.588. The van der Waals surface area contributed by atoms with Gasteiger partial charge in [-0.2, -0.15) is 4.31 Å². The first-order valence-electron chi connectivity index (χ1n) is 8.68. The van der Waals surface area contributed by atoms with Gasteiger partial charge in [0.05, 0.1) is 48.9 Å². The van der Waals surface area contributed by atoms with E-state index in [1.165, 1.54) is 16.4 Å². The summed E-state index contributed by atoms with van der Waals surface area (Å²) in [5.41, 5.74) is 0. The van der Waals surface area contributed by atoms with Crippen molar-refractivity contribution in [2.45, 2.75) is 48.5 Å². The maximum absolute atomic E-state index is 13.2. The third-order valence-corrected chi connectivity index (χ3v) is 6.66. The van der Waals surface area contributed by atoms with Gasteiger partial charge in [0, 0.05) is 6.54 Å². The van der Waals surface area contributed by atoms with E-state index in [1.54, 1.807) is 0 Å². The molecule has 27 heavy (non-hydrogen) atoms. The Hall–Kier alpha value is -1.59. The SMILES string of the molecule is O=C(O)C[C@H]1CC[C@@H]2[C@H](COC[C@@H](O)CN2S(=O)(=O)c2ccc(F)cc2)O1. The molecular weight excluding hydrogens is 381 g/mol. The second-order valence-corrected chi connectivity index (χ2v) is 8.65. The Morgan fingerprint density at radius 1 is 1.22 bits per heavy atom. The van der Waals surface area contributed by atoms with Crippen molar-refractivity contribution in [1.29, 1.82) is 0 Å². The maximum Gasteiger partial charge on any atom is 0.305 e. The second kappa shape index (κ2) is 8.19. The average Bonchev–Trinajstić information content (AvgIpc) is 2.58. The smallest absolute Gasteiger partial charge is 0.305 e. The standard InChI is InChI=1S/C17H22FNO7S/c18-11-1-4-14(5-2-11)27(23,24)19-8-12(20)9-25-10-16-15(19)6-3-13(26-16)7-17(21)22/h1-2,4-5,12-13,15-16,20H,3,6-10H2,(H,21,22)/t12-,13+,15+,16-/m0/s1. The van der Waals surface area contributed by atoms with Crippen LogP contribution in [0, 0.1) is 5.82 Å². The Labute approximate surface area is 156 Å². The number of rotatable bonds is 4. The van der Waals surface area contributed by atoms with Crippen molar-refractivity contribution in [2.75, 3.05) is 19.8 Å². The van der Waals surface area contributed by atoms with Crippen molar-refractivity contribution < 1.29 is 37.3 Å². The van der Waals surface area contributed by atoms with Crippen LogP contribution in [0.3, 0.4) is 0 Å². The molecule has 0 bridgehead atoms.